The van der Waals surface area contributed by atoms with Crippen molar-refractivity contribution in [3.05, 3.63) is 182 Å². The Morgan fingerprint density at radius 3 is 0.553 bits per heavy atom. The van der Waals surface area contributed by atoms with Gasteiger partial charge in [0.25, 0.3) is 0 Å². The van der Waals surface area contributed by atoms with Gasteiger partial charge < -0.3 is 0 Å². The van der Waals surface area contributed by atoms with Crippen LogP contribution < -0.4 is 31.8 Å². The van der Waals surface area contributed by atoms with Crippen LogP contribution in [0, 0.1) is 0 Å². The van der Waals surface area contributed by atoms with E-state index in [1.165, 1.54) is 0 Å². The molecule has 0 heterocycles. The molecule has 0 aliphatic heterocycles. The molecular weight excluding hydrogens is 702 g/mol. The van der Waals surface area contributed by atoms with Crippen molar-refractivity contribution in [3.8, 4) is 0 Å². The van der Waals surface area contributed by atoms with E-state index in [-0.39, 0.29) is 0 Å². The van der Waals surface area contributed by atoms with Gasteiger partial charge in [0.1, 0.15) is 0 Å². The van der Waals surface area contributed by atoms with Gasteiger partial charge >= 0.3 is 275 Å². The van der Waals surface area contributed by atoms with Crippen LogP contribution in [0.15, 0.2) is 182 Å². The van der Waals surface area contributed by atoms with E-state index >= 15 is 19.2 Å². The molecule has 0 spiro atoms. The Morgan fingerprint density at radius 1 is 0.277 bits per heavy atom. The third-order valence-corrected chi connectivity index (χ3v) is 76.6. The third-order valence-electron chi connectivity index (χ3n) is 9.85. The molecule has 47 heavy (non-hydrogen) atoms. The van der Waals surface area contributed by atoms with E-state index in [1.807, 2.05) is 182 Å². The molecule has 0 aliphatic carbocycles. The van der Waals surface area contributed by atoms with Gasteiger partial charge in [-0.15, -0.1) is 0 Å². The first-order valence-electron chi connectivity index (χ1n) is 15.3. The molecule has 0 saturated heterocycles. The number of carbonyl (C=O) groups is 4. The molecule has 6 aromatic rings. The second-order valence-corrected chi connectivity index (χ2v) is 54.1. The fraction of sp³-hybridized carbons (Fsp3) is 0. The second kappa shape index (κ2) is 12.3. The Hall–Kier alpha value is -4.45. The first-order chi connectivity index (χ1) is 23.0. The van der Waals surface area contributed by atoms with E-state index in [0.29, 0.717) is 50.5 Å². The van der Waals surface area contributed by atoms with E-state index in [2.05, 4.69) is 0 Å². The van der Waals surface area contributed by atoms with Crippen molar-refractivity contribution >= 4 is 61.2 Å². The molecule has 7 heteroatoms. The van der Waals surface area contributed by atoms with Gasteiger partial charge in [-0.3, -0.25) is 0 Å². The molecule has 6 aromatic carbocycles. The Balaban J connectivity index is 2.13. The molecule has 236 valence electrons. The Bertz CT molecular complexity index is 1670. The summed E-state index contributed by atoms with van der Waals surface area (Å²) in [5, 5.41) is -4.89. The predicted molar refractivity (Wildman–Crippen MR) is 200 cm³/mol. The van der Waals surface area contributed by atoms with Crippen LogP contribution >= 0.6 is 10.7 Å². The number of hydrogen-bond acceptors (Lipinski definition) is 4. The normalized spacial score (nSPS) is 14.0. The minimum atomic E-state index is -7.73. The van der Waals surface area contributed by atoms with E-state index in [1.54, 1.807) is 0 Å². The predicted octanol–water partition coefficient (Wildman–Crippen LogP) is 5.26. The topological polar surface area (TPSA) is 68.3 Å². The fourth-order valence-electron chi connectivity index (χ4n) is 7.97. The standard InChI is InChI=1S/2C18H15P.4CHO.Mo/c2*1-4-10-16(11-5-1)19(17-12-6-2-7-13-17)18-14-8-3-9-15-18;4*1-2;/h2*1-15H;4*1H;/q;;;;;;-2/p+2. The molecule has 0 aromatic heterocycles. The van der Waals surface area contributed by atoms with Crippen molar-refractivity contribution in [1.29, 1.82) is 0 Å². The molecule has 0 unspecified atom stereocenters. The average Bonchev–Trinajstić information content (AvgIpc) is 3.17. The maximum absolute atomic E-state index is 15.4. The summed E-state index contributed by atoms with van der Waals surface area (Å²) in [6.07, 6.45) is 0. The zero-order valence-corrected chi connectivity index (χ0v) is 29.7. The zero-order chi connectivity index (χ0) is 32.9. The second-order valence-electron chi connectivity index (χ2n) is 11.8. The van der Waals surface area contributed by atoms with Gasteiger partial charge in [0.15, 0.2) is 0 Å². The van der Waals surface area contributed by atoms with Gasteiger partial charge in [0, 0.05) is 0 Å². The van der Waals surface area contributed by atoms with E-state index in [9.17, 15) is 0 Å². The zero-order valence-electron chi connectivity index (χ0n) is 25.7. The van der Waals surface area contributed by atoms with Gasteiger partial charge in [-0.1, -0.05) is 0 Å². The van der Waals surface area contributed by atoms with Crippen LogP contribution in [-0.2, 0) is 31.7 Å². The molecule has 6 rings (SSSR count). The van der Waals surface area contributed by atoms with Crippen LogP contribution in [0.1, 0.15) is 0 Å². The van der Waals surface area contributed by atoms with E-state index in [4.69, 9.17) is 0 Å². The van der Waals surface area contributed by atoms with Crippen LogP contribution in [0.5, 0.6) is 0 Å². The SMILES string of the molecule is O=[CH][Mo]([CH]=O)([CH]=O)([CH]=O)([PH](c1ccccc1)(c1ccccc1)c1ccccc1)[PH](c1ccccc1)(c1ccccc1)c1ccccc1. The van der Waals surface area contributed by atoms with Crippen molar-refractivity contribution in [2.24, 2.45) is 0 Å². The summed E-state index contributed by atoms with van der Waals surface area (Å²) in [5.74, 6) is 0. The number of benzene rings is 6. The van der Waals surface area contributed by atoms with Crippen LogP contribution in [0.25, 0.3) is 0 Å². The van der Waals surface area contributed by atoms with Crippen molar-refractivity contribution < 1.29 is 31.7 Å². The summed E-state index contributed by atoms with van der Waals surface area (Å²) in [6, 6.07) is 56.3. The van der Waals surface area contributed by atoms with Crippen LogP contribution in [0.2, 0.25) is 0 Å². The molecule has 0 aliphatic rings. The summed E-state index contributed by atoms with van der Waals surface area (Å²) in [4.78, 5) is 61.4. The molecule has 0 saturated carbocycles. The summed E-state index contributed by atoms with van der Waals surface area (Å²) in [7, 11) is 0. The summed E-state index contributed by atoms with van der Waals surface area (Å²) >= 11 is -7.73. The van der Waals surface area contributed by atoms with Gasteiger partial charge in [-0.05, 0) is 0 Å². The Labute approximate surface area is 273 Å². The first-order valence-corrected chi connectivity index (χ1v) is 29.7. The number of carbonyl (C=O) groups excluding carboxylic acids is 4. The Kier molecular flexibility index (Phi) is 8.50. The molecular formula is C40H36MoO4P2. The Morgan fingerprint density at radius 2 is 0.426 bits per heavy atom. The molecule has 0 atom stereocenters. The molecule has 4 nitrogen and oxygen atoms in total. The summed E-state index contributed by atoms with van der Waals surface area (Å²) < 4.78 is 2.58. The van der Waals surface area contributed by atoms with Crippen LogP contribution in [0.3, 0.4) is 0 Å². The molecule has 0 bridgehead atoms. The maximum atomic E-state index is 15.4. The monoisotopic (exact) mass is 740 g/mol. The average molecular weight is 739 g/mol. The van der Waals surface area contributed by atoms with Crippen molar-refractivity contribution in [3.63, 3.8) is 0 Å². The number of rotatable bonds is 12. The fourth-order valence-corrected chi connectivity index (χ4v) is 88.1. The molecule has 0 amide bonds. The minimum absolute atomic E-state index is 0.646. The van der Waals surface area contributed by atoms with Crippen LogP contribution in [-0.4, -0.2) is 18.7 Å². The van der Waals surface area contributed by atoms with Gasteiger partial charge in [-0.2, -0.15) is 0 Å². The van der Waals surface area contributed by atoms with Crippen molar-refractivity contribution in [1.82, 2.24) is 0 Å². The third kappa shape index (κ3) is 3.87. The van der Waals surface area contributed by atoms with E-state index < -0.39 is 23.3 Å². The summed E-state index contributed by atoms with van der Waals surface area (Å²) in [6.45, 7) is 0. The quantitative estimate of drug-likeness (QED) is 0.0978. The van der Waals surface area contributed by atoms with Gasteiger partial charge in [-0.25, -0.2) is 0 Å². The van der Waals surface area contributed by atoms with Crippen molar-refractivity contribution in [2.45, 2.75) is 0 Å². The molecule has 0 radical (unpaired) electrons. The van der Waals surface area contributed by atoms with Crippen LogP contribution in [0.4, 0.5) is 0 Å². The van der Waals surface area contributed by atoms with Gasteiger partial charge in [0.05, 0.1) is 0 Å². The van der Waals surface area contributed by atoms with E-state index in [0.717, 1.165) is 0 Å². The first kappa shape index (κ1) is 32.5. The molecule has 0 N–H and O–H groups in total. The van der Waals surface area contributed by atoms with Crippen molar-refractivity contribution in [2.75, 3.05) is 0 Å². The number of hydrogen-bond donors (Lipinski definition) is 0. The molecule has 0 fully saturated rings. The summed E-state index contributed by atoms with van der Waals surface area (Å²) in [5.41, 5.74) is 0. The van der Waals surface area contributed by atoms with Gasteiger partial charge in [0.2, 0.25) is 0 Å².